The zero-order chi connectivity index (χ0) is 8.97. The number of aliphatic hydroxyl groups is 1. The molecule has 1 amide bonds. The SMILES string of the molecule is C[C@H](NC=O)[C@H](O)c1ccoc1. The second-order valence-corrected chi connectivity index (χ2v) is 2.57. The van der Waals surface area contributed by atoms with E-state index in [1.54, 1.807) is 13.0 Å². The molecule has 0 fully saturated rings. The quantitative estimate of drug-likeness (QED) is 0.643. The van der Waals surface area contributed by atoms with E-state index in [1.807, 2.05) is 0 Å². The van der Waals surface area contributed by atoms with Gasteiger partial charge in [0.25, 0.3) is 0 Å². The van der Waals surface area contributed by atoms with Crippen LogP contribution in [0.1, 0.15) is 18.6 Å². The smallest absolute Gasteiger partial charge is 0.207 e. The van der Waals surface area contributed by atoms with Crippen LogP contribution in [0.25, 0.3) is 0 Å². The van der Waals surface area contributed by atoms with Crippen molar-refractivity contribution in [3.8, 4) is 0 Å². The van der Waals surface area contributed by atoms with Crippen molar-refractivity contribution in [2.75, 3.05) is 0 Å². The Bertz CT molecular complexity index is 232. The number of hydrogen-bond donors (Lipinski definition) is 2. The van der Waals surface area contributed by atoms with Gasteiger partial charge in [0, 0.05) is 5.56 Å². The molecule has 0 aromatic carbocycles. The summed E-state index contributed by atoms with van der Waals surface area (Å²) in [5.41, 5.74) is 0.664. The number of carbonyl (C=O) groups is 1. The molecule has 0 saturated carbocycles. The van der Waals surface area contributed by atoms with E-state index in [4.69, 9.17) is 4.42 Å². The normalized spacial score (nSPS) is 15.2. The molecule has 12 heavy (non-hydrogen) atoms. The molecule has 0 unspecified atom stereocenters. The van der Waals surface area contributed by atoms with E-state index in [2.05, 4.69) is 5.32 Å². The number of rotatable bonds is 4. The van der Waals surface area contributed by atoms with Crippen molar-refractivity contribution in [2.24, 2.45) is 0 Å². The zero-order valence-electron chi connectivity index (χ0n) is 6.73. The molecule has 0 aliphatic carbocycles. The van der Waals surface area contributed by atoms with Crippen LogP contribution >= 0.6 is 0 Å². The Morgan fingerprint density at radius 2 is 2.50 bits per heavy atom. The maximum absolute atomic E-state index is 10.0. The summed E-state index contributed by atoms with van der Waals surface area (Å²) in [6.45, 7) is 1.71. The number of nitrogens with one attached hydrogen (secondary N) is 1. The standard InChI is InChI=1S/C8H11NO3/c1-6(9-5-10)8(11)7-2-3-12-4-7/h2-6,8,11H,1H3,(H,9,10)/t6-,8-/m0/s1. The minimum absolute atomic E-state index is 0.305. The number of carbonyl (C=O) groups excluding carboxylic acids is 1. The van der Waals surface area contributed by atoms with E-state index < -0.39 is 6.10 Å². The first kappa shape index (κ1) is 8.80. The first-order chi connectivity index (χ1) is 5.75. The molecular formula is C8H11NO3. The van der Waals surface area contributed by atoms with Crippen LogP contribution in [0.15, 0.2) is 23.0 Å². The minimum Gasteiger partial charge on any atom is -0.472 e. The summed E-state index contributed by atoms with van der Waals surface area (Å²) in [4.78, 5) is 10.0. The van der Waals surface area contributed by atoms with Gasteiger partial charge in [-0.2, -0.15) is 0 Å². The Hall–Kier alpha value is -1.29. The lowest BCUT2D eigenvalue weighted by molar-refractivity contribution is -0.110. The van der Waals surface area contributed by atoms with Crippen LogP contribution in [0.3, 0.4) is 0 Å². The van der Waals surface area contributed by atoms with Crippen molar-refractivity contribution in [1.82, 2.24) is 5.32 Å². The average molecular weight is 169 g/mol. The zero-order valence-corrected chi connectivity index (χ0v) is 6.73. The van der Waals surface area contributed by atoms with E-state index in [9.17, 15) is 9.90 Å². The monoisotopic (exact) mass is 169 g/mol. The number of aliphatic hydroxyl groups excluding tert-OH is 1. The average Bonchev–Trinajstić information content (AvgIpc) is 2.55. The summed E-state index contributed by atoms with van der Waals surface area (Å²) >= 11 is 0. The van der Waals surface area contributed by atoms with Crippen LogP contribution in [0.5, 0.6) is 0 Å². The fraction of sp³-hybridized carbons (Fsp3) is 0.375. The van der Waals surface area contributed by atoms with Gasteiger partial charge in [0.1, 0.15) is 6.10 Å². The van der Waals surface area contributed by atoms with E-state index in [0.717, 1.165) is 0 Å². The molecule has 0 spiro atoms. The Kier molecular flexibility index (Phi) is 2.88. The van der Waals surface area contributed by atoms with Gasteiger partial charge in [0.2, 0.25) is 6.41 Å². The Morgan fingerprint density at radius 1 is 1.75 bits per heavy atom. The van der Waals surface area contributed by atoms with Crippen LogP contribution in [0.2, 0.25) is 0 Å². The van der Waals surface area contributed by atoms with Crippen molar-refractivity contribution >= 4 is 6.41 Å². The number of hydrogen-bond acceptors (Lipinski definition) is 3. The summed E-state index contributed by atoms with van der Waals surface area (Å²) in [6.07, 6.45) is 2.78. The molecule has 4 heteroatoms. The molecule has 0 radical (unpaired) electrons. The van der Waals surface area contributed by atoms with Crippen molar-refractivity contribution in [2.45, 2.75) is 19.1 Å². The molecule has 66 valence electrons. The summed E-state index contributed by atoms with van der Waals surface area (Å²) in [5, 5.41) is 12.0. The molecule has 2 N–H and O–H groups in total. The molecule has 2 atom stereocenters. The van der Waals surface area contributed by atoms with Crippen LogP contribution in [0, 0.1) is 0 Å². The van der Waals surface area contributed by atoms with E-state index in [-0.39, 0.29) is 6.04 Å². The second-order valence-electron chi connectivity index (χ2n) is 2.57. The predicted octanol–water partition coefficient (Wildman–Crippen LogP) is 0.447. The Labute approximate surface area is 70.2 Å². The van der Waals surface area contributed by atoms with Crippen molar-refractivity contribution in [3.63, 3.8) is 0 Å². The lowest BCUT2D eigenvalue weighted by Crippen LogP contribution is -2.30. The van der Waals surface area contributed by atoms with Crippen LogP contribution in [0.4, 0.5) is 0 Å². The maximum Gasteiger partial charge on any atom is 0.207 e. The van der Waals surface area contributed by atoms with Crippen molar-refractivity contribution in [3.05, 3.63) is 24.2 Å². The third-order valence-corrected chi connectivity index (χ3v) is 1.69. The summed E-state index contributed by atoms with van der Waals surface area (Å²) < 4.78 is 4.79. The van der Waals surface area contributed by atoms with Gasteiger partial charge in [0.15, 0.2) is 0 Å². The largest absolute Gasteiger partial charge is 0.472 e. The lowest BCUT2D eigenvalue weighted by atomic mass is 10.1. The Morgan fingerprint density at radius 3 is 3.00 bits per heavy atom. The highest BCUT2D eigenvalue weighted by molar-refractivity contribution is 5.46. The highest BCUT2D eigenvalue weighted by Crippen LogP contribution is 2.16. The van der Waals surface area contributed by atoms with Gasteiger partial charge in [-0.15, -0.1) is 0 Å². The van der Waals surface area contributed by atoms with Crippen LogP contribution < -0.4 is 5.32 Å². The maximum atomic E-state index is 10.0. The molecule has 1 aromatic rings. The fourth-order valence-corrected chi connectivity index (χ4v) is 0.930. The van der Waals surface area contributed by atoms with Gasteiger partial charge in [-0.1, -0.05) is 0 Å². The molecule has 1 rings (SSSR count). The third kappa shape index (κ3) is 1.85. The van der Waals surface area contributed by atoms with Crippen molar-refractivity contribution in [1.29, 1.82) is 0 Å². The molecule has 4 nitrogen and oxygen atoms in total. The van der Waals surface area contributed by atoms with Gasteiger partial charge in [-0.3, -0.25) is 4.79 Å². The van der Waals surface area contributed by atoms with E-state index in [0.29, 0.717) is 12.0 Å². The third-order valence-electron chi connectivity index (χ3n) is 1.69. The van der Waals surface area contributed by atoms with Gasteiger partial charge < -0.3 is 14.8 Å². The lowest BCUT2D eigenvalue weighted by Gasteiger charge is -2.15. The Balaban J connectivity index is 2.58. The molecule has 0 aliphatic heterocycles. The number of amides is 1. The van der Waals surface area contributed by atoms with Gasteiger partial charge in [-0.05, 0) is 13.0 Å². The second kappa shape index (κ2) is 3.92. The van der Waals surface area contributed by atoms with Gasteiger partial charge in [0.05, 0.1) is 18.6 Å². The highest BCUT2D eigenvalue weighted by atomic mass is 16.3. The fourth-order valence-electron chi connectivity index (χ4n) is 0.930. The molecule has 1 aromatic heterocycles. The molecule has 0 aliphatic rings. The first-order valence-electron chi connectivity index (χ1n) is 3.65. The first-order valence-corrected chi connectivity index (χ1v) is 3.65. The molecular weight excluding hydrogens is 158 g/mol. The minimum atomic E-state index is -0.714. The predicted molar refractivity (Wildman–Crippen MR) is 42.3 cm³/mol. The van der Waals surface area contributed by atoms with Crippen LogP contribution in [-0.4, -0.2) is 17.6 Å². The van der Waals surface area contributed by atoms with E-state index in [1.165, 1.54) is 12.5 Å². The molecule has 0 saturated heterocycles. The summed E-state index contributed by atoms with van der Waals surface area (Å²) in [5.74, 6) is 0. The number of furan rings is 1. The molecule has 1 heterocycles. The van der Waals surface area contributed by atoms with Gasteiger partial charge in [-0.25, -0.2) is 0 Å². The van der Waals surface area contributed by atoms with Crippen LogP contribution in [-0.2, 0) is 4.79 Å². The summed E-state index contributed by atoms with van der Waals surface area (Å²) in [6, 6.07) is 1.35. The summed E-state index contributed by atoms with van der Waals surface area (Å²) in [7, 11) is 0. The highest BCUT2D eigenvalue weighted by Gasteiger charge is 2.15. The molecule has 0 bridgehead atoms. The van der Waals surface area contributed by atoms with Crippen molar-refractivity contribution < 1.29 is 14.3 Å². The topological polar surface area (TPSA) is 62.5 Å². The van der Waals surface area contributed by atoms with E-state index >= 15 is 0 Å². The van der Waals surface area contributed by atoms with Gasteiger partial charge >= 0.3 is 0 Å².